The standard InChI is InChI=1S/C16H22N2O3/c1-18-13-5-4-10(20-2)8-11(13)15(16(19)21-3)12-9-17-7-6-14(12)18/h4-5,8,12,14-15,17H,6-7,9H2,1-3H3. The number of piperidine rings is 1. The molecule has 5 nitrogen and oxygen atoms in total. The Labute approximate surface area is 125 Å². The smallest absolute Gasteiger partial charge is 0.313 e. The predicted octanol–water partition coefficient (Wildman–Crippen LogP) is 1.38. The van der Waals surface area contributed by atoms with E-state index in [9.17, 15) is 4.79 Å². The van der Waals surface area contributed by atoms with Crippen molar-refractivity contribution in [2.24, 2.45) is 5.92 Å². The van der Waals surface area contributed by atoms with Crippen molar-refractivity contribution in [3.05, 3.63) is 23.8 Å². The van der Waals surface area contributed by atoms with Gasteiger partial charge in [0.15, 0.2) is 0 Å². The number of ether oxygens (including phenoxy) is 2. The molecule has 1 aromatic rings. The minimum absolute atomic E-state index is 0.156. The van der Waals surface area contributed by atoms with Crippen LogP contribution in [0.2, 0.25) is 0 Å². The quantitative estimate of drug-likeness (QED) is 0.834. The van der Waals surface area contributed by atoms with Crippen LogP contribution in [0.25, 0.3) is 0 Å². The van der Waals surface area contributed by atoms with E-state index in [1.807, 2.05) is 18.2 Å². The second kappa shape index (κ2) is 5.56. The number of hydrogen-bond acceptors (Lipinski definition) is 5. The molecule has 0 radical (unpaired) electrons. The first-order valence-corrected chi connectivity index (χ1v) is 7.36. The third-order valence-corrected chi connectivity index (χ3v) is 4.82. The van der Waals surface area contributed by atoms with Gasteiger partial charge >= 0.3 is 5.97 Å². The van der Waals surface area contributed by atoms with E-state index in [0.29, 0.717) is 6.04 Å². The molecule has 0 bridgehead atoms. The van der Waals surface area contributed by atoms with Crippen molar-refractivity contribution in [1.29, 1.82) is 0 Å². The van der Waals surface area contributed by atoms with Gasteiger partial charge in [0.05, 0.1) is 20.1 Å². The van der Waals surface area contributed by atoms with E-state index in [4.69, 9.17) is 9.47 Å². The minimum Gasteiger partial charge on any atom is -0.497 e. The Bertz CT molecular complexity index is 546. The number of carbonyl (C=O) groups excluding carboxylic acids is 1. The van der Waals surface area contributed by atoms with Crippen LogP contribution in [0.3, 0.4) is 0 Å². The molecule has 0 amide bonds. The van der Waals surface area contributed by atoms with Crippen molar-refractivity contribution < 1.29 is 14.3 Å². The summed E-state index contributed by atoms with van der Waals surface area (Å²) in [4.78, 5) is 14.7. The Kier molecular flexibility index (Phi) is 3.76. The SMILES string of the molecule is COC(=O)C1c2cc(OC)ccc2N(C)C2CCNCC12. The van der Waals surface area contributed by atoms with Gasteiger partial charge in [-0.2, -0.15) is 0 Å². The zero-order chi connectivity index (χ0) is 15.0. The second-order valence-corrected chi connectivity index (χ2v) is 5.76. The number of carbonyl (C=O) groups is 1. The summed E-state index contributed by atoms with van der Waals surface area (Å²) in [6, 6.07) is 6.34. The average molecular weight is 290 g/mol. The molecule has 0 aliphatic carbocycles. The lowest BCUT2D eigenvalue weighted by atomic mass is 9.74. The van der Waals surface area contributed by atoms with E-state index in [1.54, 1.807) is 7.11 Å². The lowest BCUT2D eigenvalue weighted by Gasteiger charge is -2.47. The van der Waals surface area contributed by atoms with Gasteiger partial charge in [0.25, 0.3) is 0 Å². The molecule has 5 heteroatoms. The van der Waals surface area contributed by atoms with Gasteiger partial charge in [-0.3, -0.25) is 4.79 Å². The summed E-state index contributed by atoms with van der Waals surface area (Å²) in [5, 5.41) is 3.41. The summed E-state index contributed by atoms with van der Waals surface area (Å²) in [6.45, 7) is 1.83. The number of anilines is 1. The van der Waals surface area contributed by atoms with E-state index in [1.165, 1.54) is 7.11 Å². The molecular weight excluding hydrogens is 268 g/mol. The minimum atomic E-state index is -0.228. The first-order chi connectivity index (χ1) is 10.2. The molecule has 0 saturated carbocycles. The number of esters is 1. The maximum absolute atomic E-state index is 12.4. The third kappa shape index (κ3) is 2.25. The van der Waals surface area contributed by atoms with Gasteiger partial charge in [-0.1, -0.05) is 0 Å². The van der Waals surface area contributed by atoms with Crippen LogP contribution in [0.5, 0.6) is 5.75 Å². The molecule has 1 fully saturated rings. The normalized spacial score (nSPS) is 27.6. The molecule has 3 unspecified atom stereocenters. The molecule has 1 saturated heterocycles. The Morgan fingerprint density at radius 2 is 2.19 bits per heavy atom. The third-order valence-electron chi connectivity index (χ3n) is 4.82. The topological polar surface area (TPSA) is 50.8 Å². The maximum Gasteiger partial charge on any atom is 0.313 e. The zero-order valence-electron chi connectivity index (χ0n) is 12.8. The van der Waals surface area contributed by atoms with Gasteiger partial charge in [0, 0.05) is 31.2 Å². The number of benzene rings is 1. The molecular formula is C16H22N2O3. The van der Waals surface area contributed by atoms with Crippen molar-refractivity contribution in [3.8, 4) is 5.75 Å². The van der Waals surface area contributed by atoms with Crippen LogP contribution >= 0.6 is 0 Å². The van der Waals surface area contributed by atoms with Gasteiger partial charge < -0.3 is 19.7 Å². The van der Waals surface area contributed by atoms with Crippen LogP contribution in [0, 0.1) is 5.92 Å². The molecule has 21 heavy (non-hydrogen) atoms. The van der Waals surface area contributed by atoms with Crippen LogP contribution < -0.4 is 15.0 Å². The zero-order valence-corrected chi connectivity index (χ0v) is 12.8. The fourth-order valence-corrected chi connectivity index (χ4v) is 3.76. The van der Waals surface area contributed by atoms with E-state index in [2.05, 4.69) is 17.3 Å². The molecule has 0 aromatic heterocycles. The Balaban J connectivity index is 2.11. The van der Waals surface area contributed by atoms with Crippen LogP contribution in [-0.4, -0.2) is 46.4 Å². The number of hydrogen-bond donors (Lipinski definition) is 1. The summed E-state index contributed by atoms with van der Waals surface area (Å²) in [5.74, 6) is 0.625. The summed E-state index contributed by atoms with van der Waals surface area (Å²) >= 11 is 0. The van der Waals surface area contributed by atoms with Gasteiger partial charge in [0.2, 0.25) is 0 Å². The van der Waals surface area contributed by atoms with E-state index in [0.717, 1.165) is 36.5 Å². The number of fused-ring (bicyclic) bond motifs is 2. The highest BCUT2D eigenvalue weighted by atomic mass is 16.5. The van der Waals surface area contributed by atoms with Crippen molar-refractivity contribution in [3.63, 3.8) is 0 Å². The van der Waals surface area contributed by atoms with Crippen molar-refractivity contribution >= 4 is 11.7 Å². The summed E-state index contributed by atoms with van der Waals surface area (Å²) < 4.78 is 10.4. The van der Waals surface area contributed by atoms with Gasteiger partial charge in [-0.05, 0) is 36.7 Å². The van der Waals surface area contributed by atoms with E-state index in [-0.39, 0.29) is 17.8 Å². The summed E-state index contributed by atoms with van der Waals surface area (Å²) in [6.07, 6.45) is 1.04. The Hall–Kier alpha value is -1.75. The van der Waals surface area contributed by atoms with Gasteiger partial charge in [0.1, 0.15) is 5.75 Å². The molecule has 2 heterocycles. The van der Waals surface area contributed by atoms with Crippen LogP contribution in [0.1, 0.15) is 17.9 Å². The van der Waals surface area contributed by atoms with E-state index >= 15 is 0 Å². The summed E-state index contributed by atoms with van der Waals surface area (Å²) in [7, 11) is 5.22. The maximum atomic E-state index is 12.4. The number of nitrogens with one attached hydrogen (secondary N) is 1. The fraction of sp³-hybridized carbons (Fsp3) is 0.562. The molecule has 3 rings (SSSR count). The first-order valence-electron chi connectivity index (χ1n) is 7.36. The highest BCUT2D eigenvalue weighted by Crippen LogP contribution is 2.45. The van der Waals surface area contributed by atoms with Crippen LogP contribution in [-0.2, 0) is 9.53 Å². The second-order valence-electron chi connectivity index (χ2n) is 5.76. The van der Waals surface area contributed by atoms with Crippen molar-refractivity contribution in [1.82, 2.24) is 5.32 Å². The predicted molar refractivity (Wildman–Crippen MR) is 80.9 cm³/mol. The highest BCUT2D eigenvalue weighted by molar-refractivity contribution is 5.83. The molecule has 0 spiro atoms. The summed E-state index contributed by atoms with van der Waals surface area (Å²) in [5.41, 5.74) is 2.11. The number of rotatable bonds is 2. The van der Waals surface area contributed by atoms with Crippen LogP contribution in [0.4, 0.5) is 5.69 Å². The molecule has 1 N–H and O–H groups in total. The largest absolute Gasteiger partial charge is 0.497 e. The van der Waals surface area contributed by atoms with Gasteiger partial charge in [-0.15, -0.1) is 0 Å². The lowest BCUT2D eigenvalue weighted by Crippen LogP contribution is -2.54. The molecule has 3 atom stereocenters. The Morgan fingerprint density at radius 1 is 1.38 bits per heavy atom. The number of methoxy groups -OCH3 is 2. The van der Waals surface area contributed by atoms with Crippen molar-refractivity contribution in [2.75, 3.05) is 39.3 Å². The lowest BCUT2D eigenvalue weighted by molar-refractivity contribution is -0.144. The molecule has 1 aromatic carbocycles. The number of nitrogens with zero attached hydrogens (tertiary/aromatic N) is 1. The van der Waals surface area contributed by atoms with Gasteiger partial charge in [-0.25, -0.2) is 0 Å². The Morgan fingerprint density at radius 3 is 2.90 bits per heavy atom. The van der Waals surface area contributed by atoms with E-state index < -0.39 is 0 Å². The van der Waals surface area contributed by atoms with Crippen LogP contribution in [0.15, 0.2) is 18.2 Å². The monoisotopic (exact) mass is 290 g/mol. The highest BCUT2D eigenvalue weighted by Gasteiger charge is 2.44. The van der Waals surface area contributed by atoms with Crippen molar-refractivity contribution in [2.45, 2.75) is 18.4 Å². The molecule has 2 aliphatic heterocycles. The molecule has 114 valence electrons. The fourth-order valence-electron chi connectivity index (χ4n) is 3.76. The average Bonchev–Trinajstić information content (AvgIpc) is 2.54. The molecule has 2 aliphatic rings. The first kappa shape index (κ1) is 14.2.